The molecule has 1 aliphatic rings. The van der Waals surface area contributed by atoms with Crippen LogP contribution in [0.5, 0.6) is 0 Å². The molecule has 0 bridgehead atoms. The van der Waals surface area contributed by atoms with Crippen LogP contribution in [0.25, 0.3) is 0 Å². The quantitative estimate of drug-likeness (QED) is 0.761. The van der Waals surface area contributed by atoms with Gasteiger partial charge in [-0.15, -0.1) is 11.8 Å². The van der Waals surface area contributed by atoms with Gasteiger partial charge in [-0.25, -0.2) is 0 Å². The Kier molecular flexibility index (Phi) is 6.23. The minimum absolute atomic E-state index is 0.0683. The summed E-state index contributed by atoms with van der Waals surface area (Å²) in [4.78, 5) is 26.0. The second-order valence-corrected chi connectivity index (χ2v) is 6.23. The number of hydrogen-bond donors (Lipinski definition) is 2. The maximum Gasteiger partial charge on any atom is 0.238 e. The molecule has 1 atom stereocenters. The van der Waals surface area contributed by atoms with Gasteiger partial charge in [-0.05, 0) is 19.1 Å². The second kappa shape index (κ2) is 8.17. The fourth-order valence-electron chi connectivity index (χ4n) is 2.27. The Morgan fingerprint density at radius 1 is 1.45 bits per heavy atom. The van der Waals surface area contributed by atoms with Crippen LogP contribution in [0.15, 0.2) is 29.2 Å². The van der Waals surface area contributed by atoms with Crippen molar-refractivity contribution in [3.8, 4) is 0 Å². The number of anilines is 1. The van der Waals surface area contributed by atoms with Crippen molar-refractivity contribution in [3.05, 3.63) is 24.3 Å². The van der Waals surface area contributed by atoms with Gasteiger partial charge in [0.1, 0.15) is 0 Å². The lowest BCUT2D eigenvalue weighted by Crippen LogP contribution is -2.44. The first-order valence-electron chi connectivity index (χ1n) is 7.18. The first kappa shape index (κ1) is 16.8. The van der Waals surface area contributed by atoms with Gasteiger partial charge in [-0.3, -0.25) is 14.5 Å². The molecule has 2 rings (SSSR count). The van der Waals surface area contributed by atoms with Gasteiger partial charge < -0.3 is 15.8 Å². The lowest BCUT2D eigenvalue weighted by molar-refractivity contribution is -0.119. The van der Waals surface area contributed by atoms with Crippen LogP contribution in [0.1, 0.15) is 6.92 Å². The number of morpholine rings is 1. The lowest BCUT2D eigenvalue weighted by Gasteiger charge is -2.30. The van der Waals surface area contributed by atoms with Gasteiger partial charge in [0, 0.05) is 18.0 Å². The SMILES string of the molecule is C[C@@H]1CN(CC(=O)Nc2ccccc2SCC(N)=O)CCO1. The molecule has 0 aliphatic carbocycles. The summed E-state index contributed by atoms with van der Waals surface area (Å²) in [6.07, 6.45) is 0.153. The third kappa shape index (κ3) is 5.32. The molecule has 120 valence electrons. The van der Waals surface area contributed by atoms with E-state index in [2.05, 4.69) is 10.2 Å². The Labute approximate surface area is 134 Å². The highest BCUT2D eigenvalue weighted by Crippen LogP contribution is 2.26. The Hall–Kier alpha value is -1.57. The summed E-state index contributed by atoms with van der Waals surface area (Å²) >= 11 is 1.32. The fraction of sp³-hybridized carbons (Fsp3) is 0.467. The minimum Gasteiger partial charge on any atom is -0.376 e. The molecule has 1 aliphatic heterocycles. The number of hydrogen-bond acceptors (Lipinski definition) is 5. The molecule has 1 heterocycles. The molecule has 0 spiro atoms. The number of nitrogens with zero attached hydrogens (tertiary/aromatic N) is 1. The maximum absolute atomic E-state index is 12.2. The molecule has 3 N–H and O–H groups in total. The smallest absolute Gasteiger partial charge is 0.238 e. The normalized spacial score (nSPS) is 18.9. The number of carbonyl (C=O) groups is 2. The van der Waals surface area contributed by atoms with Crippen LogP contribution in [0.4, 0.5) is 5.69 Å². The van der Waals surface area contributed by atoms with Crippen molar-refractivity contribution >= 4 is 29.3 Å². The lowest BCUT2D eigenvalue weighted by atomic mass is 10.3. The number of nitrogens with one attached hydrogen (secondary N) is 1. The average Bonchev–Trinajstić information content (AvgIpc) is 2.46. The van der Waals surface area contributed by atoms with Crippen molar-refractivity contribution in [1.29, 1.82) is 0 Å². The molecule has 6 nitrogen and oxygen atoms in total. The molecule has 1 saturated heterocycles. The van der Waals surface area contributed by atoms with Crippen LogP contribution < -0.4 is 11.1 Å². The van der Waals surface area contributed by atoms with Crippen molar-refractivity contribution in [1.82, 2.24) is 4.90 Å². The van der Waals surface area contributed by atoms with Gasteiger partial charge >= 0.3 is 0 Å². The topological polar surface area (TPSA) is 84.7 Å². The van der Waals surface area contributed by atoms with Crippen LogP contribution in [0.3, 0.4) is 0 Å². The highest BCUT2D eigenvalue weighted by molar-refractivity contribution is 8.00. The summed E-state index contributed by atoms with van der Waals surface area (Å²) in [7, 11) is 0. The van der Waals surface area contributed by atoms with E-state index in [0.717, 1.165) is 18.0 Å². The van der Waals surface area contributed by atoms with Crippen molar-refractivity contribution in [2.45, 2.75) is 17.9 Å². The highest BCUT2D eigenvalue weighted by atomic mass is 32.2. The Morgan fingerprint density at radius 3 is 2.95 bits per heavy atom. The number of thioether (sulfide) groups is 1. The van der Waals surface area contributed by atoms with E-state index in [0.29, 0.717) is 18.8 Å². The van der Waals surface area contributed by atoms with Gasteiger partial charge in [0.05, 0.1) is 30.7 Å². The van der Waals surface area contributed by atoms with Gasteiger partial charge in [-0.1, -0.05) is 12.1 Å². The van der Waals surface area contributed by atoms with E-state index in [4.69, 9.17) is 10.5 Å². The van der Waals surface area contributed by atoms with E-state index in [1.54, 1.807) is 0 Å². The summed E-state index contributed by atoms with van der Waals surface area (Å²) in [6.45, 7) is 4.50. The number of benzene rings is 1. The van der Waals surface area contributed by atoms with Crippen molar-refractivity contribution in [3.63, 3.8) is 0 Å². The zero-order valence-electron chi connectivity index (χ0n) is 12.6. The van der Waals surface area contributed by atoms with E-state index in [1.165, 1.54) is 11.8 Å². The third-order valence-corrected chi connectivity index (χ3v) is 4.32. The van der Waals surface area contributed by atoms with Gasteiger partial charge in [-0.2, -0.15) is 0 Å². The van der Waals surface area contributed by atoms with E-state index in [-0.39, 0.29) is 23.7 Å². The molecule has 0 radical (unpaired) electrons. The molecule has 1 aromatic carbocycles. The fourth-order valence-corrected chi connectivity index (χ4v) is 3.02. The molecule has 22 heavy (non-hydrogen) atoms. The zero-order valence-corrected chi connectivity index (χ0v) is 13.4. The Bertz CT molecular complexity index is 539. The minimum atomic E-state index is -0.381. The number of ether oxygens (including phenoxy) is 1. The van der Waals surface area contributed by atoms with E-state index in [1.807, 2.05) is 31.2 Å². The first-order chi connectivity index (χ1) is 10.5. The van der Waals surface area contributed by atoms with E-state index >= 15 is 0 Å². The number of primary amides is 1. The third-order valence-electron chi connectivity index (χ3n) is 3.22. The van der Waals surface area contributed by atoms with Crippen molar-refractivity contribution < 1.29 is 14.3 Å². The van der Waals surface area contributed by atoms with Crippen LogP contribution in [0.2, 0.25) is 0 Å². The predicted octanol–water partition coefficient (Wildman–Crippen LogP) is 0.923. The summed E-state index contributed by atoms with van der Waals surface area (Å²) in [5.41, 5.74) is 5.87. The second-order valence-electron chi connectivity index (χ2n) is 5.22. The number of para-hydroxylation sites is 1. The summed E-state index contributed by atoms with van der Waals surface area (Å²) in [6, 6.07) is 7.40. The monoisotopic (exact) mass is 323 g/mol. The molecule has 0 unspecified atom stereocenters. The molecular formula is C15H21N3O3S. The summed E-state index contributed by atoms with van der Waals surface area (Å²) in [5, 5.41) is 2.90. The standard InChI is InChI=1S/C15H21N3O3S/c1-11-8-18(6-7-21-11)9-15(20)17-12-4-2-3-5-13(12)22-10-14(16)19/h2-5,11H,6-10H2,1H3,(H2,16,19)(H,17,20)/t11-/m1/s1. The first-order valence-corrected chi connectivity index (χ1v) is 8.17. The van der Waals surface area contributed by atoms with Crippen LogP contribution in [-0.4, -0.2) is 54.8 Å². The Morgan fingerprint density at radius 2 is 2.23 bits per heavy atom. The summed E-state index contributed by atoms with van der Waals surface area (Å²) in [5.74, 6) is -0.261. The number of carbonyl (C=O) groups excluding carboxylic acids is 2. The van der Waals surface area contributed by atoms with Gasteiger partial charge in [0.15, 0.2) is 0 Å². The zero-order chi connectivity index (χ0) is 15.9. The van der Waals surface area contributed by atoms with E-state index in [9.17, 15) is 9.59 Å². The van der Waals surface area contributed by atoms with Crippen LogP contribution >= 0.6 is 11.8 Å². The molecule has 0 saturated carbocycles. The highest BCUT2D eigenvalue weighted by Gasteiger charge is 2.19. The molecule has 1 aromatic rings. The molecule has 0 aromatic heterocycles. The van der Waals surface area contributed by atoms with Crippen LogP contribution in [0, 0.1) is 0 Å². The molecular weight excluding hydrogens is 302 g/mol. The number of nitrogens with two attached hydrogens (primary N) is 1. The summed E-state index contributed by atoms with van der Waals surface area (Å²) < 4.78 is 5.46. The predicted molar refractivity (Wildman–Crippen MR) is 86.8 cm³/mol. The van der Waals surface area contributed by atoms with Gasteiger partial charge in [0.25, 0.3) is 0 Å². The number of rotatable bonds is 6. The number of amides is 2. The van der Waals surface area contributed by atoms with Crippen LogP contribution in [-0.2, 0) is 14.3 Å². The maximum atomic E-state index is 12.2. The average molecular weight is 323 g/mol. The molecule has 1 fully saturated rings. The van der Waals surface area contributed by atoms with Crippen molar-refractivity contribution in [2.75, 3.05) is 37.3 Å². The molecule has 7 heteroatoms. The Balaban J connectivity index is 1.91. The molecule has 2 amide bonds. The van der Waals surface area contributed by atoms with E-state index < -0.39 is 0 Å². The largest absolute Gasteiger partial charge is 0.376 e. The van der Waals surface area contributed by atoms with Crippen molar-refractivity contribution in [2.24, 2.45) is 5.73 Å². The van der Waals surface area contributed by atoms with Gasteiger partial charge in [0.2, 0.25) is 11.8 Å².